The highest BCUT2D eigenvalue weighted by molar-refractivity contribution is 5.87. The number of carboxylic acid groups (broad SMARTS) is 1. The van der Waals surface area contributed by atoms with Gasteiger partial charge < -0.3 is 9.84 Å². The summed E-state index contributed by atoms with van der Waals surface area (Å²) in [4.78, 5) is 27.4. The summed E-state index contributed by atoms with van der Waals surface area (Å²) < 4.78 is 21.5. The maximum atomic E-state index is 14.5. The van der Waals surface area contributed by atoms with Crippen molar-refractivity contribution >= 4 is 17.7 Å². The Hall–Kier alpha value is -2.94. The van der Waals surface area contributed by atoms with Crippen LogP contribution in [0.3, 0.4) is 0 Å². The summed E-state index contributed by atoms with van der Waals surface area (Å²) in [6.07, 6.45) is 4.19. The fourth-order valence-corrected chi connectivity index (χ4v) is 4.05. The standard InChI is InChI=1S/C20H23FN4O4/c21-16-3-1-2-4-17(16)25(11-14-9-22-24(10-14)13-19(26)27)20(28)29-18-12-23-7-5-15(18)6-8-23/h1-4,9-10,15,18H,5-8,11-13H2,(H,26,27)/t18-/m0/s1. The molecular formula is C20H23FN4O4. The zero-order valence-corrected chi connectivity index (χ0v) is 15.9. The SMILES string of the molecule is O=C(O)Cn1cc(CN(C(=O)O[C@H]2CN3CCC2CC3)c2ccccc2F)cn1. The van der Waals surface area contributed by atoms with Crippen LogP contribution in [-0.2, 0) is 22.6 Å². The van der Waals surface area contributed by atoms with Crippen molar-refractivity contribution < 1.29 is 23.8 Å². The van der Waals surface area contributed by atoms with E-state index in [0.717, 1.165) is 25.9 Å². The highest BCUT2D eigenvalue weighted by Gasteiger charge is 2.37. The maximum absolute atomic E-state index is 14.5. The molecule has 3 saturated heterocycles. The molecule has 3 aliphatic heterocycles. The summed E-state index contributed by atoms with van der Waals surface area (Å²) in [7, 11) is 0. The van der Waals surface area contributed by atoms with Crippen LogP contribution >= 0.6 is 0 Å². The Morgan fingerprint density at radius 2 is 2.03 bits per heavy atom. The minimum atomic E-state index is -1.02. The third-order valence-electron chi connectivity index (χ3n) is 5.54. The van der Waals surface area contributed by atoms with Gasteiger partial charge in [0.1, 0.15) is 18.5 Å². The number of carboxylic acids is 1. The number of anilines is 1. The van der Waals surface area contributed by atoms with Crippen LogP contribution in [0.15, 0.2) is 36.7 Å². The number of hydrogen-bond donors (Lipinski definition) is 1. The van der Waals surface area contributed by atoms with E-state index in [4.69, 9.17) is 9.84 Å². The third-order valence-corrected chi connectivity index (χ3v) is 5.54. The van der Waals surface area contributed by atoms with Crippen molar-refractivity contribution in [3.63, 3.8) is 0 Å². The van der Waals surface area contributed by atoms with Crippen molar-refractivity contribution in [1.82, 2.24) is 14.7 Å². The number of piperidine rings is 3. The molecule has 8 nitrogen and oxygen atoms in total. The van der Waals surface area contributed by atoms with Crippen molar-refractivity contribution in [2.45, 2.75) is 32.0 Å². The second-order valence-corrected chi connectivity index (χ2v) is 7.54. The highest BCUT2D eigenvalue weighted by Crippen LogP contribution is 2.31. The Bertz CT molecular complexity index is 894. The van der Waals surface area contributed by atoms with E-state index < -0.39 is 17.9 Å². The van der Waals surface area contributed by atoms with Crippen LogP contribution in [0.5, 0.6) is 0 Å². The van der Waals surface area contributed by atoms with Gasteiger partial charge in [-0.05, 0) is 44.0 Å². The first-order chi connectivity index (χ1) is 14.0. The minimum absolute atomic E-state index is 0.0283. The monoisotopic (exact) mass is 402 g/mol. The molecular weight excluding hydrogens is 379 g/mol. The molecule has 4 heterocycles. The Morgan fingerprint density at radius 1 is 1.28 bits per heavy atom. The average Bonchev–Trinajstić information content (AvgIpc) is 3.14. The molecule has 1 aromatic heterocycles. The maximum Gasteiger partial charge on any atom is 0.415 e. The summed E-state index contributed by atoms with van der Waals surface area (Å²) in [5, 5.41) is 12.9. The Morgan fingerprint density at radius 3 is 2.69 bits per heavy atom. The van der Waals surface area contributed by atoms with Crippen LogP contribution in [-0.4, -0.2) is 57.6 Å². The quantitative estimate of drug-likeness (QED) is 0.798. The van der Waals surface area contributed by atoms with E-state index in [0.29, 0.717) is 18.0 Å². The van der Waals surface area contributed by atoms with Crippen LogP contribution < -0.4 is 4.90 Å². The van der Waals surface area contributed by atoms with E-state index in [9.17, 15) is 14.0 Å². The number of amides is 1. The van der Waals surface area contributed by atoms with E-state index in [-0.39, 0.29) is 24.9 Å². The molecule has 9 heteroatoms. The molecule has 2 bridgehead atoms. The van der Waals surface area contributed by atoms with Crippen LogP contribution in [0.1, 0.15) is 18.4 Å². The van der Waals surface area contributed by atoms with Gasteiger partial charge in [0.15, 0.2) is 0 Å². The van der Waals surface area contributed by atoms with Gasteiger partial charge >= 0.3 is 12.1 Å². The number of halogens is 1. The topological polar surface area (TPSA) is 87.9 Å². The number of carbonyl (C=O) groups is 2. The highest BCUT2D eigenvalue weighted by atomic mass is 19.1. The second-order valence-electron chi connectivity index (χ2n) is 7.54. The third kappa shape index (κ3) is 4.40. The molecule has 1 amide bonds. The van der Waals surface area contributed by atoms with Gasteiger partial charge in [-0.1, -0.05) is 12.1 Å². The summed E-state index contributed by atoms with van der Waals surface area (Å²) in [5.74, 6) is -1.21. The average molecular weight is 402 g/mol. The van der Waals surface area contributed by atoms with Gasteiger partial charge in [0, 0.05) is 18.3 Å². The number of aromatic nitrogens is 2. The van der Waals surface area contributed by atoms with E-state index >= 15 is 0 Å². The van der Waals surface area contributed by atoms with Gasteiger partial charge in [-0.3, -0.25) is 19.3 Å². The van der Waals surface area contributed by atoms with Crippen molar-refractivity contribution in [2.24, 2.45) is 5.92 Å². The minimum Gasteiger partial charge on any atom is -0.480 e. The van der Waals surface area contributed by atoms with Crippen molar-refractivity contribution in [1.29, 1.82) is 0 Å². The first-order valence-corrected chi connectivity index (χ1v) is 9.68. The van der Waals surface area contributed by atoms with E-state index in [1.807, 2.05) is 0 Å². The number of ether oxygens (including phenoxy) is 1. The molecule has 29 heavy (non-hydrogen) atoms. The van der Waals surface area contributed by atoms with Gasteiger partial charge in [0.2, 0.25) is 0 Å². The largest absolute Gasteiger partial charge is 0.480 e. The van der Waals surface area contributed by atoms with Crippen molar-refractivity contribution in [2.75, 3.05) is 24.5 Å². The number of para-hydroxylation sites is 1. The van der Waals surface area contributed by atoms with Gasteiger partial charge in [0.25, 0.3) is 0 Å². The van der Waals surface area contributed by atoms with E-state index in [1.54, 1.807) is 12.1 Å². The smallest absolute Gasteiger partial charge is 0.415 e. The first kappa shape index (κ1) is 19.4. The van der Waals surface area contributed by atoms with Crippen LogP contribution in [0.25, 0.3) is 0 Å². The lowest BCUT2D eigenvalue weighted by Gasteiger charge is -2.44. The van der Waals surface area contributed by atoms with E-state index in [1.165, 1.54) is 34.1 Å². The molecule has 0 spiro atoms. The number of rotatable bonds is 6. The van der Waals surface area contributed by atoms with Gasteiger partial charge in [-0.15, -0.1) is 0 Å². The van der Waals surface area contributed by atoms with Gasteiger partial charge in [-0.25, -0.2) is 9.18 Å². The predicted molar refractivity (Wildman–Crippen MR) is 102 cm³/mol. The normalized spacial score (nSPS) is 23.0. The zero-order chi connectivity index (χ0) is 20.4. The number of hydrogen-bond acceptors (Lipinski definition) is 5. The van der Waals surface area contributed by atoms with Gasteiger partial charge in [0.05, 0.1) is 18.4 Å². The molecule has 0 radical (unpaired) electrons. The van der Waals surface area contributed by atoms with Crippen molar-refractivity contribution in [3.8, 4) is 0 Å². The number of carbonyl (C=O) groups excluding carboxylic acids is 1. The van der Waals surface area contributed by atoms with Gasteiger partial charge in [-0.2, -0.15) is 5.10 Å². The first-order valence-electron chi connectivity index (χ1n) is 9.68. The van der Waals surface area contributed by atoms with Crippen LogP contribution in [0, 0.1) is 11.7 Å². The number of benzene rings is 1. The molecule has 1 N–H and O–H groups in total. The lowest BCUT2D eigenvalue weighted by atomic mass is 9.86. The van der Waals surface area contributed by atoms with Crippen LogP contribution in [0.2, 0.25) is 0 Å². The molecule has 2 aromatic rings. The Labute approximate surface area is 167 Å². The summed E-state index contributed by atoms with van der Waals surface area (Å²) in [5.41, 5.74) is 0.699. The fourth-order valence-electron chi connectivity index (χ4n) is 4.05. The van der Waals surface area contributed by atoms with Crippen LogP contribution in [0.4, 0.5) is 14.9 Å². The van der Waals surface area contributed by atoms with E-state index in [2.05, 4.69) is 10.00 Å². The lowest BCUT2D eigenvalue weighted by molar-refractivity contribution is -0.137. The second kappa shape index (κ2) is 8.20. The Kier molecular flexibility index (Phi) is 5.48. The molecule has 3 fully saturated rings. The molecule has 3 aliphatic rings. The fraction of sp³-hybridized carbons (Fsp3) is 0.450. The molecule has 154 valence electrons. The summed E-state index contributed by atoms with van der Waals surface area (Å²) in [6, 6.07) is 6.02. The number of fused-ring (bicyclic) bond motifs is 3. The zero-order valence-electron chi connectivity index (χ0n) is 15.9. The number of nitrogens with zero attached hydrogens (tertiary/aromatic N) is 4. The molecule has 0 saturated carbocycles. The molecule has 1 atom stereocenters. The predicted octanol–water partition coefficient (Wildman–Crippen LogP) is 2.34. The molecule has 1 aromatic carbocycles. The lowest BCUT2D eigenvalue weighted by Crippen LogP contribution is -2.53. The molecule has 0 aliphatic carbocycles. The van der Waals surface area contributed by atoms with Crippen molar-refractivity contribution in [3.05, 3.63) is 48.0 Å². The molecule has 0 unspecified atom stereocenters. The number of aliphatic carboxylic acids is 1. The molecule has 5 rings (SSSR count). The summed E-state index contributed by atoms with van der Waals surface area (Å²) >= 11 is 0. The summed E-state index contributed by atoms with van der Waals surface area (Å²) in [6.45, 7) is 2.50. The Balaban J connectivity index is 1.53.